The van der Waals surface area contributed by atoms with Crippen LogP contribution >= 0.6 is 0 Å². The van der Waals surface area contributed by atoms with Gasteiger partial charge in [0.05, 0.1) is 0 Å². The fourth-order valence-electron chi connectivity index (χ4n) is 1.86. The lowest BCUT2D eigenvalue weighted by molar-refractivity contribution is 0.0994. The van der Waals surface area contributed by atoms with Crippen LogP contribution in [0.5, 0.6) is 0 Å². The molecule has 3 nitrogen and oxygen atoms in total. The Morgan fingerprint density at radius 1 is 1.24 bits per heavy atom. The van der Waals surface area contributed by atoms with Crippen LogP contribution in [-0.2, 0) is 4.74 Å². The van der Waals surface area contributed by atoms with Crippen molar-refractivity contribution in [2.75, 3.05) is 0 Å². The highest BCUT2D eigenvalue weighted by molar-refractivity contribution is 5.65. The van der Waals surface area contributed by atoms with Gasteiger partial charge in [0.1, 0.15) is 6.10 Å². The van der Waals surface area contributed by atoms with Gasteiger partial charge < -0.3 is 10.5 Å². The summed E-state index contributed by atoms with van der Waals surface area (Å²) in [5.74, 6) is 0. The number of amides is 1. The third-order valence-electron chi connectivity index (χ3n) is 2.75. The number of benzene rings is 1. The first-order valence-corrected chi connectivity index (χ1v) is 6.25. The number of hydrogen-bond donors (Lipinski definition) is 1. The normalized spacial score (nSPS) is 12.1. The lowest BCUT2D eigenvalue weighted by atomic mass is 10.0. The van der Waals surface area contributed by atoms with Crippen LogP contribution in [0, 0.1) is 0 Å². The molecule has 2 N–H and O–H groups in total. The highest BCUT2D eigenvalue weighted by atomic mass is 16.6. The molecule has 0 radical (unpaired) electrons. The maximum atomic E-state index is 10.9. The molecule has 0 spiro atoms. The van der Waals surface area contributed by atoms with Crippen LogP contribution in [-0.4, -0.2) is 6.09 Å². The predicted octanol–water partition coefficient (Wildman–Crippen LogP) is 3.79. The van der Waals surface area contributed by atoms with Crippen LogP contribution in [0.1, 0.15) is 50.7 Å². The standard InChI is InChI=1S/C14H21NO2/c1-2-3-4-8-11-13(17-14(15)16)12-9-6-5-7-10-12/h5-7,9-10,13H,2-4,8,11H2,1H3,(H2,15,16). The molecule has 1 aromatic rings. The molecule has 0 aliphatic heterocycles. The van der Waals surface area contributed by atoms with E-state index < -0.39 is 6.09 Å². The quantitative estimate of drug-likeness (QED) is 0.731. The molecule has 0 saturated carbocycles. The van der Waals surface area contributed by atoms with E-state index >= 15 is 0 Å². The van der Waals surface area contributed by atoms with Crippen molar-refractivity contribution in [1.82, 2.24) is 0 Å². The summed E-state index contributed by atoms with van der Waals surface area (Å²) >= 11 is 0. The Morgan fingerprint density at radius 3 is 2.53 bits per heavy atom. The molecule has 3 heteroatoms. The van der Waals surface area contributed by atoms with Crippen molar-refractivity contribution >= 4 is 6.09 Å². The molecule has 1 aromatic carbocycles. The van der Waals surface area contributed by atoms with Crippen LogP contribution in [0.4, 0.5) is 4.79 Å². The van der Waals surface area contributed by atoms with Gasteiger partial charge in [-0.15, -0.1) is 0 Å². The number of ether oxygens (including phenoxy) is 1. The number of carbonyl (C=O) groups excluding carboxylic acids is 1. The molecule has 0 aliphatic carbocycles. The van der Waals surface area contributed by atoms with E-state index in [1.165, 1.54) is 19.3 Å². The van der Waals surface area contributed by atoms with Crippen molar-refractivity contribution in [3.05, 3.63) is 35.9 Å². The van der Waals surface area contributed by atoms with Crippen molar-refractivity contribution in [3.8, 4) is 0 Å². The Hall–Kier alpha value is -1.51. The van der Waals surface area contributed by atoms with Crippen LogP contribution in [0.3, 0.4) is 0 Å². The largest absolute Gasteiger partial charge is 0.442 e. The van der Waals surface area contributed by atoms with Gasteiger partial charge in [-0.3, -0.25) is 0 Å². The van der Waals surface area contributed by atoms with E-state index in [2.05, 4.69) is 6.92 Å². The van der Waals surface area contributed by atoms with Gasteiger partial charge in [0, 0.05) is 0 Å². The van der Waals surface area contributed by atoms with E-state index in [9.17, 15) is 4.79 Å². The summed E-state index contributed by atoms with van der Waals surface area (Å²) < 4.78 is 5.16. The molecule has 0 fully saturated rings. The van der Waals surface area contributed by atoms with Gasteiger partial charge in [0.2, 0.25) is 0 Å². The van der Waals surface area contributed by atoms with Crippen molar-refractivity contribution in [2.45, 2.75) is 45.1 Å². The van der Waals surface area contributed by atoms with Gasteiger partial charge in [0.25, 0.3) is 0 Å². The van der Waals surface area contributed by atoms with E-state index in [4.69, 9.17) is 10.5 Å². The summed E-state index contributed by atoms with van der Waals surface area (Å²) in [5, 5.41) is 0. The number of carbonyl (C=O) groups is 1. The summed E-state index contributed by atoms with van der Waals surface area (Å²) in [5.41, 5.74) is 6.12. The molecular formula is C14H21NO2. The smallest absolute Gasteiger partial charge is 0.405 e. The van der Waals surface area contributed by atoms with Gasteiger partial charge in [0.15, 0.2) is 0 Å². The fourth-order valence-corrected chi connectivity index (χ4v) is 1.86. The maximum Gasteiger partial charge on any atom is 0.405 e. The van der Waals surface area contributed by atoms with E-state index in [0.717, 1.165) is 18.4 Å². The Morgan fingerprint density at radius 2 is 1.94 bits per heavy atom. The zero-order chi connectivity index (χ0) is 12.5. The van der Waals surface area contributed by atoms with Gasteiger partial charge >= 0.3 is 6.09 Å². The second kappa shape index (κ2) is 7.71. The maximum absolute atomic E-state index is 10.9. The van der Waals surface area contributed by atoms with E-state index in [1.54, 1.807) is 0 Å². The van der Waals surface area contributed by atoms with E-state index in [-0.39, 0.29) is 6.10 Å². The molecule has 17 heavy (non-hydrogen) atoms. The van der Waals surface area contributed by atoms with Crippen LogP contribution in [0.2, 0.25) is 0 Å². The number of primary amides is 1. The molecule has 0 aromatic heterocycles. The number of unbranched alkanes of at least 4 members (excludes halogenated alkanes) is 3. The Kier molecular flexibility index (Phi) is 6.15. The Bertz CT molecular complexity index is 324. The van der Waals surface area contributed by atoms with Crippen molar-refractivity contribution < 1.29 is 9.53 Å². The van der Waals surface area contributed by atoms with Gasteiger partial charge in [-0.2, -0.15) is 0 Å². The van der Waals surface area contributed by atoms with Crippen LogP contribution in [0.25, 0.3) is 0 Å². The topological polar surface area (TPSA) is 52.3 Å². The number of hydrogen-bond acceptors (Lipinski definition) is 2. The molecule has 1 rings (SSSR count). The summed E-state index contributed by atoms with van der Waals surface area (Å²) in [6.45, 7) is 2.18. The van der Waals surface area contributed by atoms with E-state index in [0.29, 0.717) is 0 Å². The molecular weight excluding hydrogens is 214 g/mol. The van der Waals surface area contributed by atoms with Crippen LogP contribution in [0.15, 0.2) is 30.3 Å². The minimum atomic E-state index is -0.700. The minimum absolute atomic E-state index is 0.203. The molecule has 1 atom stereocenters. The third kappa shape index (κ3) is 5.38. The minimum Gasteiger partial charge on any atom is -0.442 e. The van der Waals surface area contributed by atoms with Gasteiger partial charge in [-0.05, 0) is 18.4 Å². The average molecular weight is 235 g/mol. The Balaban J connectivity index is 2.52. The van der Waals surface area contributed by atoms with Gasteiger partial charge in [-0.1, -0.05) is 56.5 Å². The highest BCUT2D eigenvalue weighted by Gasteiger charge is 2.14. The molecule has 0 bridgehead atoms. The molecule has 0 heterocycles. The lowest BCUT2D eigenvalue weighted by Crippen LogP contribution is -2.17. The third-order valence-corrected chi connectivity index (χ3v) is 2.75. The highest BCUT2D eigenvalue weighted by Crippen LogP contribution is 2.23. The van der Waals surface area contributed by atoms with Crippen LogP contribution < -0.4 is 5.73 Å². The lowest BCUT2D eigenvalue weighted by Gasteiger charge is -2.16. The molecule has 0 aliphatic rings. The van der Waals surface area contributed by atoms with Crippen molar-refractivity contribution in [2.24, 2.45) is 5.73 Å². The van der Waals surface area contributed by atoms with Crippen molar-refractivity contribution in [3.63, 3.8) is 0 Å². The monoisotopic (exact) mass is 235 g/mol. The summed E-state index contributed by atoms with van der Waals surface area (Å²) in [7, 11) is 0. The average Bonchev–Trinajstić information content (AvgIpc) is 2.34. The number of nitrogens with two attached hydrogens (primary N) is 1. The zero-order valence-corrected chi connectivity index (χ0v) is 10.4. The zero-order valence-electron chi connectivity index (χ0n) is 10.4. The number of rotatable bonds is 7. The summed E-state index contributed by atoms with van der Waals surface area (Å²) in [6.07, 6.45) is 4.58. The summed E-state index contributed by atoms with van der Waals surface area (Å²) in [6, 6.07) is 9.76. The summed E-state index contributed by atoms with van der Waals surface area (Å²) in [4.78, 5) is 10.9. The van der Waals surface area contributed by atoms with E-state index in [1.807, 2.05) is 30.3 Å². The second-order valence-electron chi connectivity index (χ2n) is 4.19. The van der Waals surface area contributed by atoms with Crippen molar-refractivity contribution in [1.29, 1.82) is 0 Å². The molecule has 1 amide bonds. The first-order chi connectivity index (χ1) is 8.24. The first kappa shape index (κ1) is 13.6. The predicted molar refractivity (Wildman–Crippen MR) is 68.6 cm³/mol. The molecule has 0 saturated heterocycles. The fraction of sp³-hybridized carbons (Fsp3) is 0.500. The molecule has 1 unspecified atom stereocenters. The first-order valence-electron chi connectivity index (χ1n) is 6.25. The van der Waals surface area contributed by atoms with Gasteiger partial charge in [-0.25, -0.2) is 4.79 Å². The molecule has 94 valence electrons. The second-order valence-corrected chi connectivity index (χ2v) is 4.19. The SMILES string of the molecule is CCCCCCC(OC(N)=O)c1ccccc1. The Labute approximate surface area is 103 Å².